The zero-order valence-corrected chi connectivity index (χ0v) is 17.3. The molecule has 5 heteroatoms. The Bertz CT molecular complexity index is 1100. The number of ether oxygens (including phenoxy) is 1. The number of aryl methyl sites for hydroxylation is 1. The molecule has 3 rings (SSSR count). The lowest BCUT2D eigenvalue weighted by Crippen LogP contribution is -2.23. The molecule has 0 aliphatic carbocycles. The SMILES string of the molecule is CCCCc1cccc(=O)n1Cc1ccc(C(=O)c2ccccc2C(=O)OC)cc1. The zero-order chi connectivity index (χ0) is 21.5. The number of esters is 1. The van der Waals surface area contributed by atoms with Gasteiger partial charge in [-0.25, -0.2) is 4.79 Å². The number of nitrogens with zero attached hydrogens (tertiary/aromatic N) is 1. The molecule has 2 aromatic carbocycles. The maximum Gasteiger partial charge on any atom is 0.338 e. The average molecular weight is 403 g/mol. The smallest absolute Gasteiger partial charge is 0.338 e. The van der Waals surface area contributed by atoms with E-state index in [1.807, 2.05) is 18.2 Å². The molecule has 0 aliphatic heterocycles. The second-order valence-corrected chi connectivity index (χ2v) is 7.11. The van der Waals surface area contributed by atoms with Gasteiger partial charge in [0.1, 0.15) is 0 Å². The van der Waals surface area contributed by atoms with E-state index in [9.17, 15) is 14.4 Å². The summed E-state index contributed by atoms with van der Waals surface area (Å²) in [6, 6.07) is 19.1. The van der Waals surface area contributed by atoms with Crippen LogP contribution in [0.15, 0.2) is 71.5 Å². The average Bonchev–Trinajstić information content (AvgIpc) is 2.79. The fraction of sp³-hybridized carbons (Fsp3) is 0.240. The molecular formula is C25H25NO4. The summed E-state index contributed by atoms with van der Waals surface area (Å²) in [7, 11) is 1.29. The van der Waals surface area contributed by atoms with Crippen LogP contribution in [0.4, 0.5) is 0 Å². The van der Waals surface area contributed by atoms with Crippen molar-refractivity contribution in [1.29, 1.82) is 0 Å². The molecule has 0 spiro atoms. The van der Waals surface area contributed by atoms with Crippen LogP contribution in [0.1, 0.15) is 57.3 Å². The molecular weight excluding hydrogens is 378 g/mol. The Kier molecular flexibility index (Phi) is 6.96. The van der Waals surface area contributed by atoms with Gasteiger partial charge in [0.15, 0.2) is 5.78 Å². The van der Waals surface area contributed by atoms with Gasteiger partial charge in [0, 0.05) is 22.9 Å². The predicted molar refractivity (Wildman–Crippen MR) is 116 cm³/mol. The number of carbonyl (C=O) groups excluding carboxylic acids is 2. The number of aromatic nitrogens is 1. The number of unbranched alkanes of at least 4 members (excludes halogenated alkanes) is 1. The molecule has 0 saturated carbocycles. The summed E-state index contributed by atoms with van der Waals surface area (Å²) in [5.74, 6) is -0.790. The lowest BCUT2D eigenvalue weighted by atomic mass is 9.97. The minimum atomic E-state index is -0.543. The van der Waals surface area contributed by atoms with E-state index < -0.39 is 5.97 Å². The molecule has 0 unspecified atom stereocenters. The highest BCUT2D eigenvalue weighted by atomic mass is 16.5. The van der Waals surface area contributed by atoms with E-state index in [1.165, 1.54) is 7.11 Å². The molecule has 1 heterocycles. The van der Waals surface area contributed by atoms with Crippen LogP contribution in [-0.2, 0) is 17.7 Å². The van der Waals surface area contributed by atoms with E-state index in [-0.39, 0.29) is 16.9 Å². The second-order valence-electron chi connectivity index (χ2n) is 7.11. The summed E-state index contributed by atoms with van der Waals surface area (Å²) in [5.41, 5.74) is 2.93. The van der Waals surface area contributed by atoms with E-state index in [0.29, 0.717) is 17.7 Å². The Morgan fingerprint density at radius 3 is 2.27 bits per heavy atom. The first-order chi connectivity index (χ1) is 14.5. The summed E-state index contributed by atoms with van der Waals surface area (Å²) in [5, 5.41) is 0. The van der Waals surface area contributed by atoms with Gasteiger partial charge in [-0.2, -0.15) is 0 Å². The molecule has 0 bridgehead atoms. The maximum atomic E-state index is 12.9. The third-order valence-electron chi connectivity index (χ3n) is 5.06. The predicted octanol–water partition coefficient (Wildman–Crippen LogP) is 4.26. The molecule has 5 nitrogen and oxygen atoms in total. The van der Waals surface area contributed by atoms with Crippen molar-refractivity contribution in [2.24, 2.45) is 0 Å². The van der Waals surface area contributed by atoms with Crippen molar-refractivity contribution in [3.05, 3.63) is 105 Å². The summed E-state index contributed by atoms with van der Waals surface area (Å²) >= 11 is 0. The first kappa shape index (κ1) is 21.2. The number of carbonyl (C=O) groups is 2. The van der Waals surface area contributed by atoms with Gasteiger partial charge in [-0.1, -0.05) is 61.9 Å². The van der Waals surface area contributed by atoms with Crippen LogP contribution in [0.2, 0.25) is 0 Å². The van der Waals surface area contributed by atoms with Crippen molar-refractivity contribution < 1.29 is 14.3 Å². The van der Waals surface area contributed by atoms with E-state index >= 15 is 0 Å². The van der Waals surface area contributed by atoms with Gasteiger partial charge >= 0.3 is 5.97 Å². The van der Waals surface area contributed by atoms with E-state index in [0.717, 1.165) is 30.5 Å². The number of rotatable bonds is 8. The molecule has 0 saturated heterocycles. The van der Waals surface area contributed by atoms with Gasteiger partial charge in [0.05, 0.1) is 19.2 Å². The van der Waals surface area contributed by atoms with Crippen LogP contribution < -0.4 is 5.56 Å². The van der Waals surface area contributed by atoms with Gasteiger partial charge < -0.3 is 9.30 Å². The monoisotopic (exact) mass is 403 g/mol. The summed E-state index contributed by atoms with van der Waals surface area (Å²) < 4.78 is 6.55. The van der Waals surface area contributed by atoms with E-state index in [4.69, 9.17) is 4.74 Å². The largest absolute Gasteiger partial charge is 0.465 e. The fourth-order valence-corrected chi connectivity index (χ4v) is 3.39. The topological polar surface area (TPSA) is 65.4 Å². The van der Waals surface area contributed by atoms with Gasteiger partial charge in [0.25, 0.3) is 5.56 Å². The molecule has 0 aliphatic rings. The van der Waals surface area contributed by atoms with Crippen LogP contribution in [0.3, 0.4) is 0 Å². The number of hydrogen-bond donors (Lipinski definition) is 0. The minimum Gasteiger partial charge on any atom is -0.465 e. The van der Waals surface area contributed by atoms with Gasteiger partial charge in [-0.15, -0.1) is 0 Å². The molecule has 1 aromatic heterocycles. The van der Waals surface area contributed by atoms with Gasteiger partial charge in [-0.3, -0.25) is 9.59 Å². The van der Waals surface area contributed by atoms with E-state index in [2.05, 4.69) is 6.92 Å². The molecule has 30 heavy (non-hydrogen) atoms. The highest BCUT2D eigenvalue weighted by Crippen LogP contribution is 2.17. The highest BCUT2D eigenvalue weighted by Gasteiger charge is 2.18. The molecule has 0 amide bonds. The maximum absolute atomic E-state index is 12.9. The number of benzene rings is 2. The molecule has 154 valence electrons. The Morgan fingerprint density at radius 2 is 1.60 bits per heavy atom. The lowest BCUT2D eigenvalue weighted by molar-refractivity contribution is 0.0597. The van der Waals surface area contributed by atoms with Gasteiger partial charge in [0.2, 0.25) is 0 Å². The van der Waals surface area contributed by atoms with Crippen molar-refractivity contribution in [3.63, 3.8) is 0 Å². The molecule has 0 radical (unpaired) electrons. The Hall–Kier alpha value is -3.47. The summed E-state index contributed by atoms with van der Waals surface area (Å²) in [4.78, 5) is 37.2. The normalized spacial score (nSPS) is 10.6. The third-order valence-corrected chi connectivity index (χ3v) is 5.06. The molecule has 0 atom stereocenters. The molecule has 0 fully saturated rings. The lowest BCUT2D eigenvalue weighted by Gasteiger charge is -2.13. The first-order valence-corrected chi connectivity index (χ1v) is 10.0. The van der Waals surface area contributed by atoms with Crippen molar-refractivity contribution in [3.8, 4) is 0 Å². The van der Waals surface area contributed by atoms with Crippen molar-refractivity contribution in [2.45, 2.75) is 32.7 Å². The second kappa shape index (κ2) is 9.83. The van der Waals surface area contributed by atoms with Crippen molar-refractivity contribution >= 4 is 11.8 Å². The van der Waals surface area contributed by atoms with Crippen LogP contribution in [0.5, 0.6) is 0 Å². The van der Waals surface area contributed by atoms with Crippen LogP contribution in [0.25, 0.3) is 0 Å². The number of pyridine rings is 1. The molecule has 0 N–H and O–H groups in total. The quantitative estimate of drug-likeness (QED) is 0.416. The summed E-state index contributed by atoms with van der Waals surface area (Å²) in [6.07, 6.45) is 2.94. The Labute approximate surface area is 175 Å². The Morgan fingerprint density at radius 1 is 0.900 bits per heavy atom. The fourth-order valence-electron chi connectivity index (χ4n) is 3.39. The van der Waals surface area contributed by atoms with Crippen LogP contribution >= 0.6 is 0 Å². The van der Waals surface area contributed by atoms with Gasteiger partial charge in [-0.05, 0) is 30.5 Å². The van der Waals surface area contributed by atoms with Crippen molar-refractivity contribution in [2.75, 3.05) is 7.11 Å². The van der Waals surface area contributed by atoms with Crippen LogP contribution in [0, 0.1) is 0 Å². The number of methoxy groups -OCH3 is 1. The highest BCUT2D eigenvalue weighted by molar-refractivity contribution is 6.14. The summed E-state index contributed by atoms with van der Waals surface area (Å²) in [6.45, 7) is 2.57. The van der Waals surface area contributed by atoms with Crippen LogP contribution in [-0.4, -0.2) is 23.4 Å². The molecule has 3 aromatic rings. The number of ketones is 1. The third kappa shape index (κ3) is 4.74. The first-order valence-electron chi connectivity index (χ1n) is 10.0. The van der Waals surface area contributed by atoms with E-state index in [1.54, 1.807) is 53.1 Å². The minimum absolute atomic E-state index is 0.0317. The Balaban J connectivity index is 1.84. The van der Waals surface area contributed by atoms with Crippen molar-refractivity contribution in [1.82, 2.24) is 4.57 Å². The number of hydrogen-bond acceptors (Lipinski definition) is 4. The zero-order valence-electron chi connectivity index (χ0n) is 17.3. The standard InChI is InChI=1S/C25H25NO4/c1-3-4-8-20-9-7-12-23(27)26(20)17-18-13-15-19(16-14-18)24(28)21-10-5-6-11-22(21)25(29)30-2/h5-7,9-16H,3-4,8,17H2,1-2H3.